The van der Waals surface area contributed by atoms with Gasteiger partial charge in [0.2, 0.25) is 5.91 Å². The Morgan fingerprint density at radius 3 is 2.46 bits per heavy atom. The van der Waals surface area contributed by atoms with E-state index >= 15 is 0 Å². The van der Waals surface area contributed by atoms with Crippen molar-refractivity contribution in [2.24, 2.45) is 0 Å². The molecule has 0 saturated carbocycles. The fourth-order valence-corrected chi connectivity index (χ4v) is 4.09. The summed E-state index contributed by atoms with van der Waals surface area (Å²) in [5, 5.41) is 1.00. The van der Waals surface area contributed by atoms with Crippen molar-refractivity contribution in [2.75, 3.05) is 13.6 Å². The molecule has 1 unspecified atom stereocenters. The van der Waals surface area contributed by atoms with Crippen LogP contribution in [-0.4, -0.2) is 29.4 Å². The Kier molecular flexibility index (Phi) is 4.67. The Morgan fingerprint density at radius 1 is 1.12 bits per heavy atom. The van der Waals surface area contributed by atoms with Crippen LogP contribution in [0, 0.1) is 0 Å². The van der Waals surface area contributed by atoms with Gasteiger partial charge in [-0.05, 0) is 31.5 Å². The molecular weight excluding hydrogens is 316 g/mol. The molecule has 124 valence electrons. The van der Waals surface area contributed by atoms with Gasteiger partial charge >= 0.3 is 0 Å². The third kappa shape index (κ3) is 3.06. The minimum atomic E-state index is -0.611. The molecule has 1 aromatic heterocycles. The molecule has 0 aliphatic rings. The van der Waals surface area contributed by atoms with Crippen molar-refractivity contribution in [3.05, 3.63) is 65.2 Å². The van der Waals surface area contributed by atoms with E-state index in [0.717, 1.165) is 16.1 Å². The minimum Gasteiger partial charge on any atom is -0.345 e. The van der Waals surface area contributed by atoms with Crippen molar-refractivity contribution in [3.63, 3.8) is 0 Å². The molecule has 0 N–H and O–H groups in total. The summed E-state index contributed by atoms with van der Waals surface area (Å²) in [4.78, 5) is 19.6. The zero-order valence-electron chi connectivity index (χ0n) is 14.3. The van der Waals surface area contributed by atoms with Crippen LogP contribution in [0.2, 0.25) is 0 Å². The van der Waals surface area contributed by atoms with Crippen LogP contribution >= 0.6 is 11.3 Å². The van der Waals surface area contributed by atoms with E-state index in [1.807, 2.05) is 69.4 Å². The van der Waals surface area contributed by atoms with Crippen LogP contribution in [0.4, 0.5) is 0 Å². The van der Waals surface area contributed by atoms with Crippen LogP contribution in [0.15, 0.2) is 54.6 Å². The number of carbonyl (C=O) groups excluding carboxylic acids is 1. The second-order valence-electron chi connectivity index (χ2n) is 6.27. The number of thiazole rings is 1. The molecule has 0 aliphatic heterocycles. The van der Waals surface area contributed by atoms with Crippen LogP contribution < -0.4 is 0 Å². The smallest absolute Gasteiger partial charge is 0.233 e. The lowest BCUT2D eigenvalue weighted by Gasteiger charge is -2.32. The predicted molar refractivity (Wildman–Crippen MR) is 100 cm³/mol. The minimum absolute atomic E-state index is 0.135. The maximum absolute atomic E-state index is 13.1. The lowest BCUT2D eigenvalue weighted by atomic mass is 9.78. The molecule has 4 heteroatoms. The van der Waals surface area contributed by atoms with E-state index in [0.29, 0.717) is 13.0 Å². The van der Waals surface area contributed by atoms with Crippen molar-refractivity contribution in [1.29, 1.82) is 0 Å². The average molecular weight is 338 g/mol. The first-order valence-electron chi connectivity index (χ1n) is 8.20. The standard InChI is InChI=1S/C20H22N2OS/c1-4-22(3)19(23)20(2,15-10-6-5-7-11-15)14-18-21-16-12-8-9-13-17(16)24-18/h5-13H,4,14H2,1-3H3. The summed E-state index contributed by atoms with van der Waals surface area (Å²) in [6.07, 6.45) is 0.611. The fraction of sp³-hybridized carbons (Fsp3) is 0.300. The van der Waals surface area contributed by atoms with Crippen molar-refractivity contribution in [2.45, 2.75) is 25.7 Å². The van der Waals surface area contributed by atoms with Gasteiger partial charge in [-0.3, -0.25) is 4.79 Å². The van der Waals surface area contributed by atoms with Gasteiger partial charge in [0.05, 0.1) is 20.6 Å². The van der Waals surface area contributed by atoms with Gasteiger partial charge in [-0.2, -0.15) is 0 Å². The number of carbonyl (C=O) groups is 1. The highest BCUT2D eigenvalue weighted by Crippen LogP contribution is 2.33. The van der Waals surface area contributed by atoms with Crippen LogP contribution in [0.25, 0.3) is 10.2 Å². The topological polar surface area (TPSA) is 33.2 Å². The number of aromatic nitrogens is 1. The van der Waals surface area contributed by atoms with Gasteiger partial charge in [-0.25, -0.2) is 4.98 Å². The van der Waals surface area contributed by atoms with Gasteiger partial charge in [0.1, 0.15) is 0 Å². The molecule has 0 radical (unpaired) electrons. The Labute approximate surface area is 147 Å². The molecule has 2 aromatic carbocycles. The molecule has 3 rings (SSSR count). The molecule has 0 fully saturated rings. The van der Waals surface area contributed by atoms with Gasteiger partial charge < -0.3 is 4.90 Å². The summed E-state index contributed by atoms with van der Waals surface area (Å²) >= 11 is 1.67. The van der Waals surface area contributed by atoms with E-state index < -0.39 is 5.41 Å². The van der Waals surface area contributed by atoms with E-state index in [2.05, 4.69) is 6.07 Å². The maximum atomic E-state index is 13.1. The Morgan fingerprint density at radius 2 is 1.79 bits per heavy atom. The highest BCUT2D eigenvalue weighted by Gasteiger charge is 2.38. The Balaban J connectivity index is 2.02. The molecule has 0 aliphatic carbocycles. The molecule has 0 bridgehead atoms. The van der Waals surface area contributed by atoms with Crippen LogP contribution in [-0.2, 0) is 16.6 Å². The van der Waals surface area contributed by atoms with E-state index in [-0.39, 0.29) is 5.91 Å². The lowest BCUT2D eigenvalue weighted by Crippen LogP contribution is -2.44. The van der Waals surface area contributed by atoms with Gasteiger partial charge in [-0.15, -0.1) is 11.3 Å². The Hall–Kier alpha value is -2.20. The van der Waals surface area contributed by atoms with Crippen LogP contribution in [0.3, 0.4) is 0 Å². The largest absolute Gasteiger partial charge is 0.345 e. The van der Waals surface area contributed by atoms with E-state index in [4.69, 9.17) is 4.98 Å². The predicted octanol–water partition coefficient (Wildman–Crippen LogP) is 4.28. The highest BCUT2D eigenvalue weighted by atomic mass is 32.1. The fourth-order valence-electron chi connectivity index (χ4n) is 2.97. The zero-order chi connectivity index (χ0) is 17.2. The summed E-state index contributed by atoms with van der Waals surface area (Å²) in [6.45, 7) is 4.73. The summed E-state index contributed by atoms with van der Waals surface area (Å²) in [5.41, 5.74) is 1.43. The Bertz CT molecular complexity index is 810. The first-order chi connectivity index (χ1) is 11.5. The summed E-state index contributed by atoms with van der Waals surface area (Å²) in [6, 6.07) is 18.2. The van der Waals surface area contributed by atoms with Gasteiger partial charge in [0.15, 0.2) is 0 Å². The number of nitrogens with zero attached hydrogens (tertiary/aromatic N) is 2. The summed E-state index contributed by atoms with van der Waals surface area (Å²) in [7, 11) is 1.86. The van der Waals surface area contributed by atoms with Crippen molar-refractivity contribution < 1.29 is 4.79 Å². The SMILES string of the molecule is CCN(C)C(=O)C(C)(Cc1nc2ccccc2s1)c1ccccc1. The monoisotopic (exact) mass is 338 g/mol. The molecule has 1 heterocycles. The third-order valence-electron chi connectivity index (χ3n) is 4.55. The van der Waals surface area contributed by atoms with Crippen molar-refractivity contribution in [3.8, 4) is 0 Å². The molecule has 0 saturated heterocycles. The quantitative estimate of drug-likeness (QED) is 0.696. The van der Waals surface area contributed by atoms with Crippen LogP contribution in [0.1, 0.15) is 24.4 Å². The molecule has 1 amide bonds. The molecule has 24 heavy (non-hydrogen) atoms. The second kappa shape index (κ2) is 6.73. The normalized spacial score (nSPS) is 13.6. The molecule has 0 spiro atoms. The van der Waals surface area contributed by atoms with Gasteiger partial charge in [0, 0.05) is 20.0 Å². The average Bonchev–Trinajstić information content (AvgIpc) is 3.03. The highest BCUT2D eigenvalue weighted by molar-refractivity contribution is 7.18. The summed E-state index contributed by atoms with van der Waals surface area (Å²) < 4.78 is 1.17. The van der Waals surface area contributed by atoms with Crippen molar-refractivity contribution in [1.82, 2.24) is 9.88 Å². The molecule has 1 atom stereocenters. The summed E-state index contributed by atoms with van der Waals surface area (Å²) in [5.74, 6) is 0.135. The number of benzene rings is 2. The maximum Gasteiger partial charge on any atom is 0.233 e. The second-order valence-corrected chi connectivity index (χ2v) is 7.38. The third-order valence-corrected chi connectivity index (χ3v) is 5.58. The van der Waals surface area contributed by atoms with E-state index in [9.17, 15) is 4.79 Å². The zero-order valence-corrected chi connectivity index (χ0v) is 15.1. The molecular formula is C20H22N2OS. The first-order valence-corrected chi connectivity index (χ1v) is 9.02. The van der Waals surface area contributed by atoms with Crippen LogP contribution in [0.5, 0.6) is 0 Å². The molecule has 3 aromatic rings. The lowest BCUT2D eigenvalue weighted by molar-refractivity contribution is -0.135. The number of hydrogen-bond acceptors (Lipinski definition) is 3. The van der Waals surface area contributed by atoms with E-state index in [1.54, 1.807) is 16.2 Å². The van der Waals surface area contributed by atoms with Gasteiger partial charge in [0.25, 0.3) is 0 Å². The number of rotatable bonds is 5. The number of likely N-dealkylation sites (N-methyl/N-ethyl adjacent to an activating group) is 1. The van der Waals surface area contributed by atoms with Gasteiger partial charge in [-0.1, -0.05) is 42.5 Å². The van der Waals surface area contributed by atoms with E-state index in [1.165, 1.54) is 4.70 Å². The number of hydrogen-bond donors (Lipinski definition) is 0. The molecule has 3 nitrogen and oxygen atoms in total. The number of amides is 1. The number of para-hydroxylation sites is 1. The first kappa shape index (κ1) is 16.7. The number of fused-ring (bicyclic) bond motifs is 1. The van der Waals surface area contributed by atoms with Crippen molar-refractivity contribution >= 4 is 27.5 Å².